The number of thiazole rings is 1. The smallest absolute Gasteiger partial charge is 0.137 e. The molecular formula is C12H12ClNO2S. The maximum atomic E-state index is 8.84. The van der Waals surface area contributed by atoms with Crippen molar-refractivity contribution in [3.63, 3.8) is 0 Å². The summed E-state index contributed by atoms with van der Waals surface area (Å²) in [5.41, 5.74) is 1.87. The van der Waals surface area contributed by atoms with E-state index in [2.05, 4.69) is 4.98 Å². The average molecular weight is 270 g/mol. The molecule has 90 valence electrons. The number of hydrogen-bond acceptors (Lipinski definition) is 4. The number of methoxy groups -OCH3 is 1. The summed E-state index contributed by atoms with van der Waals surface area (Å²) in [5.74, 6) is 0.655. The zero-order chi connectivity index (χ0) is 12.3. The molecule has 0 unspecified atom stereocenters. The van der Waals surface area contributed by atoms with Crippen LogP contribution in [0, 0.1) is 0 Å². The second kappa shape index (κ2) is 5.49. The molecule has 2 rings (SSSR count). The number of aliphatic hydroxyl groups excluding tert-OH is 1. The van der Waals surface area contributed by atoms with E-state index < -0.39 is 0 Å². The van der Waals surface area contributed by atoms with Gasteiger partial charge in [0.2, 0.25) is 0 Å². The number of ether oxygens (including phenoxy) is 1. The standard InChI is InChI=1S/C12H12ClNO2S/c1-16-11-3-2-8(6-10(11)13)12-14-9(4-5-15)7-17-12/h2-3,6-7,15H,4-5H2,1H3. The number of hydrogen-bond donors (Lipinski definition) is 1. The summed E-state index contributed by atoms with van der Waals surface area (Å²) >= 11 is 7.60. The highest BCUT2D eigenvalue weighted by Gasteiger charge is 2.07. The van der Waals surface area contributed by atoms with E-state index in [-0.39, 0.29) is 6.61 Å². The molecule has 17 heavy (non-hydrogen) atoms. The summed E-state index contributed by atoms with van der Waals surface area (Å²) < 4.78 is 5.10. The van der Waals surface area contributed by atoms with Crippen molar-refractivity contribution in [2.75, 3.05) is 13.7 Å². The van der Waals surface area contributed by atoms with Gasteiger partial charge in [-0.15, -0.1) is 11.3 Å². The number of aliphatic hydroxyl groups is 1. The number of nitrogens with zero attached hydrogens (tertiary/aromatic N) is 1. The quantitative estimate of drug-likeness (QED) is 0.928. The molecule has 2 aromatic rings. The first-order chi connectivity index (χ1) is 8.24. The van der Waals surface area contributed by atoms with Crippen molar-refractivity contribution >= 4 is 22.9 Å². The van der Waals surface area contributed by atoms with E-state index in [1.165, 1.54) is 0 Å². The molecule has 0 bridgehead atoms. The first kappa shape index (κ1) is 12.4. The van der Waals surface area contributed by atoms with Crippen LogP contribution in [0.4, 0.5) is 0 Å². The lowest BCUT2D eigenvalue weighted by Crippen LogP contribution is -1.90. The lowest BCUT2D eigenvalue weighted by Gasteiger charge is -2.03. The summed E-state index contributed by atoms with van der Waals surface area (Å²) in [4.78, 5) is 4.43. The highest BCUT2D eigenvalue weighted by molar-refractivity contribution is 7.13. The molecule has 0 amide bonds. The van der Waals surface area contributed by atoms with Crippen LogP contribution >= 0.6 is 22.9 Å². The van der Waals surface area contributed by atoms with Crippen molar-refractivity contribution in [3.8, 4) is 16.3 Å². The lowest BCUT2D eigenvalue weighted by molar-refractivity contribution is 0.298. The Bertz CT molecular complexity index is 513. The SMILES string of the molecule is COc1ccc(-c2nc(CCO)cs2)cc1Cl. The number of rotatable bonds is 4. The van der Waals surface area contributed by atoms with Crippen molar-refractivity contribution in [1.29, 1.82) is 0 Å². The van der Waals surface area contributed by atoms with Gasteiger partial charge in [-0.2, -0.15) is 0 Å². The molecule has 1 heterocycles. The monoisotopic (exact) mass is 269 g/mol. The Hall–Kier alpha value is -1.10. The first-order valence-electron chi connectivity index (χ1n) is 5.13. The van der Waals surface area contributed by atoms with E-state index in [4.69, 9.17) is 21.4 Å². The van der Waals surface area contributed by atoms with Crippen LogP contribution in [0.1, 0.15) is 5.69 Å². The van der Waals surface area contributed by atoms with Crippen LogP contribution in [0.2, 0.25) is 5.02 Å². The highest BCUT2D eigenvalue weighted by Crippen LogP contribution is 2.31. The fourth-order valence-electron chi connectivity index (χ4n) is 1.47. The van der Waals surface area contributed by atoms with Gasteiger partial charge >= 0.3 is 0 Å². The van der Waals surface area contributed by atoms with Crippen LogP contribution in [0.3, 0.4) is 0 Å². The molecule has 0 fully saturated rings. The molecule has 0 aliphatic carbocycles. The minimum Gasteiger partial charge on any atom is -0.495 e. The van der Waals surface area contributed by atoms with E-state index >= 15 is 0 Å². The molecule has 0 atom stereocenters. The van der Waals surface area contributed by atoms with E-state index in [1.54, 1.807) is 18.4 Å². The van der Waals surface area contributed by atoms with E-state index in [0.717, 1.165) is 16.3 Å². The zero-order valence-electron chi connectivity index (χ0n) is 9.31. The maximum absolute atomic E-state index is 8.84. The Morgan fingerprint density at radius 2 is 2.29 bits per heavy atom. The third-order valence-corrected chi connectivity index (χ3v) is 3.55. The van der Waals surface area contributed by atoms with Gasteiger partial charge in [-0.3, -0.25) is 0 Å². The third-order valence-electron chi connectivity index (χ3n) is 2.32. The van der Waals surface area contributed by atoms with Gasteiger partial charge in [0, 0.05) is 24.0 Å². The summed E-state index contributed by atoms with van der Waals surface area (Å²) in [7, 11) is 1.59. The Balaban J connectivity index is 2.29. The summed E-state index contributed by atoms with van der Waals surface area (Å²) in [6.07, 6.45) is 0.584. The Morgan fingerprint density at radius 3 is 2.94 bits per heavy atom. The van der Waals surface area contributed by atoms with Gasteiger partial charge < -0.3 is 9.84 Å². The number of halogens is 1. The molecule has 0 spiro atoms. The largest absolute Gasteiger partial charge is 0.495 e. The molecule has 0 saturated heterocycles. The summed E-state index contributed by atoms with van der Waals surface area (Å²) in [5, 5.41) is 12.3. The second-order valence-corrected chi connectivity index (χ2v) is 4.73. The van der Waals surface area contributed by atoms with E-state index in [0.29, 0.717) is 17.2 Å². The number of aromatic nitrogens is 1. The third kappa shape index (κ3) is 2.77. The van der Waals surface area contributed by atoms with Crippen LogP contribution in [-0.2, 0) is 6.42 Å². The molecule has 1 N–H and O–H groups in total. The van der Waals surface area contributed by atoms with Gasteiger partial charge in [0.05, 0.1) is 17.8 Å². The highest BCUT2D eigenvalue weighted by atomic mass is 35.5. The molecule has 0 aliphatic rings. The summed E-state index contributed by atoms with van der Waals surface area (Å²) in [6.45, 7) is 0.118. The topological polar surface area (TPSA) is 42.4 Å². The summed E-state index contributed by atoms with van der Waals surface area (Å²) in [6, 6.07) is 5.58. The van der Waals surface area contributed by atoms with Crippen LogP contribution in [0.15, 0.2) is 23.6 Å². The lowest BCUT2D eigenvalue weighted by atomic mass is 10.2. The van der Waals surface area contributed by atoms with Crippen molar-refractivity contribution < 1.29 is 9.84 Å². The molecule has 3 nitrogen and oxygen atoms in total. The molecular weight excluding hydrogens is 258 g/mol. The van der Waals surface area contributed by atoms with Crippen LogP contribution < -0.4 is 4.74 Å². The van der Waals surface area contributed by atoms with E-state index in [1.807, 2.05) is 23.6 Å². The van der Waals surface area contributed by atoms with Gasteiger partial charge in [0.15, 0.2) is 0 Å². The van der Waals surface area contributed by atoms with Crippen LogP contribution in [0.25, 0.3) is 10.6 Å². The Morgan fingerprint density at radius 1 is 1.47 bits per heavy atom. The second-order valence-electron chi connectivity index (χ2n) is 3.47. The predicted molar refractivity (Wildman–Crippen MR) is 69.9 cm³/mol. The molecule has 0 saturated carbocycles. The maximum Gasteiger partial charge on any atom is 0.137 e. The van der Waals surface area contributed by atoms with Crippen molar-refractivity contribution in [2.45, 2.75) is 6.42 Å². The Kier molecular flexibility index (Phi) is 3.99. The van der Waals surface area contributed by atoms with Gasteiger partial charge in [-0.25, -0.2) is 4.98 Å². The van der Waals surface area contributed by atoms with Crippen molar-refractivity contribution in [1.82, 2.24) is 4.98 Å². The Labute approximate surface area is 109 Å². The van der Waals surface area contributed by atoms with Crippen LogP contribution in [-0.4, -0.2) is 23.8 Å². The van der Waals surface area contributed by atoms with Gasteiger partial charge in [-0.05, 0) is 18.2 Å². The fourth-order valence-corrected chi connectivity index (χ4v) is 2.58. The number of benzene rings is 1. The van der Waals surface area contributed by atoms with Gasteiger partial charge in [0.25, 0.3) is 0 Å². The first-order valence-corrected chi connectivity index (χ1v) is 6.39. The molecule has 5 heteroatoms. The van der Waals surface area contributed by atoms with Gasteiger partial charge in [-0.1, -0.05) is 11.6 Å². The predicted octanol–water partition coefficient (Wildman–Crippen LogP) is 3.01. The molecule has 0 radical (unpaired) electrons. The fraction of sp³-hybridized carbons (Fsp3) is 0.250. The zero-order valence-corrected chi connectivity index (χ0v) is 10.9. The molecule has 0 aliphatic heterocycles. The minimum atomic E-state index is 0.118. The minimum absolute atomic E-state index is 0.118. The molecule has 1 aromatic carbocycles. The molecule has 1 aromatic heterocycles. The van der Waals surface area contributed by atoms with Gasteiger partial charge in [0.1, 0.15) is 10.8 Å². The van der Waals surface area contributed by atoms with E-state index in [9.17, 15) is 0 Å². The van der Waals surface area contributed by atoms with Crippen molar-refractivity contribution in [3.05, 3.63) is 34.3 Å². The van der Waals surface area contributed by atoms with Crippen LogP contribution in [0.5, 0.6) is 5.75 Å². The average Bonchev–Trinajstić information content (AvgIpc) is 2.78. The normalized spacial score (nSPS) is 10.5. The van der Waals surface area contributed by atoms with Crippen molar-refractivity contribution in [2.24, 2.45) is 0 Å².